The number of amides is 1. The molecule has 1 aliphatic heterocycles. The molecule has 0 spiro atoms. The Balaban J connectivity index is 1.69. The van der Waals surface area contributed by atoms with Crippen molar-refractivity contribution in [3.8, 4) is 11.4 Å². The Morgan fingerprint density at radius 1 is 1.14 bits per heavy atom. The third-order valence-electron chi connectivity index (χ3n) is 5.20. The number of hydrogen-bond donors (Lipinski definition) is 2. The number of nitrogens with zero attached hydrogens (tertiary/aromatic N) is 2. The molecule has 6 nitrogen and oxygen atoms in total. The first-order valence-electron chi connectivity index (χ1n) is 9.65. The largest absolute Gasteiger partial charge is 0.497 e. The number of hydrogen-bond acceptors (Lipinski definition) is 4. The minimum atomic E-state index is -0.138. The Hall–Kier alpha value is -2.64. The lowest BCUT2D eigenvalue weighted by Gasteiger charge is -2.24. The van der Waals surface area contributed by atoms with Gasteiger partial charge in [-0.25, -0.2) is 4.68 Å². The van der Waals surface area contributed by atoms with Gasteiger partial charge in [-0.05, 0) is 74.5 Å². The number of carbonyl (C=O) groups is 1. The molecule has 1 aromatic heterocycles. The zero-order valence-corrected chi connectivity index (χ0v) is 17.8. The van der Waals surface area contributed by atoms with Crippen molar-refractivity contribution in [2.45, 2.75) is 18.8 Å². The van der Waals surface area contributed by atoms with Crippen LogP contribution < -0.4 is 15.4 Å². The summed E-state index contributed by atoms with van der Waals surface area (Å²) < 4.78 is 8.13. The molecule has 0 unspecified atom stereocenters. The first kappa shape index (κ1) is 19.7. The fourth-order valence-corrected chi connectivity index (χ4v) is 3.95. The summed E-state index contributed by atoms with van der Waals surface area (Å²) in [7, 11) is 1.65. The highest BCUT2D eigenvalue weighted by Gasteiger charge is 2.27. The maximum atomic E-state index is 13.1. The molecule has 7 heteroatoms. The summed E-state index contributed by atoms with van der Waals surface area (Å²) in [5, 5.41) is 11.0. The zero-order chi connectivity index (χ0) is 20.2. The molecule has 0 radical (unpaired) electrons. The number of rotatable bonds is 5. The van der Waals surface area contributed by atoms with Crippen LogP contribution in [0.5, 0.6) is 5.75 Å². The lowest BCUT2D eigenvalue weighted by Crippen LogP contribution is -2.29. The summed E-state index contributed by atoms with van der Waals surface area (Å²) in [5.74, 6) is 0.921. The third kappa shape index (κ3) is 4.36. The second-order valence-corrected chi connectivity index (χ2v) is 7.95. The number of anilines is 1. The number of nitrogens with one attached hydrogen (secondary N) is 2. The minimum absolute atomic E-state index is 0.138. The van der Waals surface area contributed by atoms with E-state index in [2.05, 4.69) is 31.7 Å². The molecule has 1 fully saturated rings. The average Bonchev–Trinajstić information content (AvgIpc) is 3.21. The van der Waals surface area contributed by atoms with Crippen molar-refractivity contribution in [3.63, 3.8) is 0 Å². The molecule has 150 valence electrons. The van der Waals surface area contributed by atoms with E-state index < -0.39 is 0 Å². The van der Waals surface area contributed by atoms with E-state index in [-0.39, 0.29) is 11.8 Å². The maximum absolute atomic E-state index is 13.1. The van der Waals surface area contributed by atoms with Crippen molar-refractivity contribution in [2.24, 2.45) is 0 Å². The normalized spacial score (nSPS) is 14.6. The van der Waals surface area contributed by atoms with Crippen molar-refractivity contribution in [3.05, 3.63) is 70.5 Å². The molecular formula is C22H23BrN4O2. The summed E-state index contributed by atoms with van der Waals surface area (Å²) in [6, 6.07) is 15.3. The van der Waals surface area contributed by atoms with Crippen LogP contribution >= 0.6 is 15.9 Å². The Morgan fingerprint density at radius 3 is 2.48 bits per heavy atom. The molecule has 1 saturated heterocycles. The van der Waals surface area contributed by atoms with Crippen LogP contribution in [0, 0.1) is 0 Å². The molecule has 2 N–H and O–H groups in total. The highest BCUT2D eigenvalue weighted by molar-refractivity contribution is 9.10. The van der Waals surface area contributed by atoms with Gasteiger partial charge < -0.3 is 15.4 Å². The van der Waals surface area contributed by atoms with Crippen LogP contribution in [0.25, 0.3) is 5.69 Å². The van der Waals surface area contributed by atoms with Crippen molar-refractivity contribution >= 4 is 27.5 Å². The van der Waals surface area contributed by atoms with Gasteiger partial charge in [0, 0.05) is 16.1 Å². The number of methoxy groups -OCH3 is 1. The fourth-order valence-electron chi connectivity index (χ4n) is 3.68. The summed E-state index contributed by atoms with van der Waals surface area (Å²) in [6.45, 7) is 1.87. The molecule has 2 heterocycles. The van der Waals surface area contributed by atoms with Gasteiger partial charge in [0.1, 0.15) is 5.75 Å². The van der Waals surface area contributed by atoms with Gasteiger partial charge in [0.15, 0.2) is 0 Å². The highest BCUT2D eigenvalue weighted by atomic mass is 79.9. The summed E-state index contributed by atoms with van der Waals surface area (Å²) >= 11 is 3.42. The molecule has 4 rings (SSSR count). The van der Waals surface area contributed by atoms with Crippen LogP contribution in [0.2, 0.25) is 0 Å². The first-order valence-corrected chi connectivity index (χ1v) is 10.4. The van der Waals surface area contributed by atoms with E-state index >= 15 is 0 Å². The van der Waals surface area contributed by atoms with Crippen molar-refractivity contribution in [1.82, 2.24) is 15.1 Å². The molecule has 0 bridgehead atoms. The number of carbonyl (C=O) groups excluding carboxylic acids is 1. The number of ether oxygens (including phenoxy) is 1. The monoisotopic (exact) mass is 454 g/mol. The highest BCUT2D eigenvalue weighted by Crippen LogP contribution is 2.31. The lowest BCUT2D eigenvalue weighted by atomic mass is 9.91. The van der Waals surface area contributed by atoms with Gasteiger partial charge in [0.25, 0.3) is 5.91 Å². The molecule has 2 aromatic carbocycles. The van der Waals surface area contributed by atoms with Gasteiger partial charge in [-0.15, -0.1) is 0 Å². The van der Waals surface area contributed by atoms with Gasteiger partial charge >= 0.3 is 0 Å². The number of halogens is 1. The Labute approximate surface area is 178 Å². The van der Waals surface area contributed by atoms with E-state index in [1.807, 2.05) is 53.2 Å². The van der Waals surface area contributed by atoms with E-state index in [9.17, 15) is 4.79 Å². The Bertz CT molecular complexity index is 977. The summed E-state index contributed by atoms with van der Waals surface area (Å²) in [4.78, 5) is 13.1. The molecule has 1 amide bonds. The van der Waals surface area contributed by atoms with Gasteiger partial charge in [-0.3, -0.25) is 4.79 Å². The molecule has 29 heavy (non-hydrogen) atoms. The molecule has 3 aromatic rings. The van der Waals surface area contributed by atoms with Crippen LogP contribution in [0.4, 0.5) is 5.69 Å². The first-order chi connectivity index (χ1) is 14.2. The Kier molecular flexibility index (Phi) is 5.97. The third-order valence-corrected chi connectivity index (χ3v) is 5.72. The number of aromatic nitrogens is 2. The van der Waals surface area contributed by atoms with Crippen LogP contribution in [0.1, 0.15) is 34.8 Å². The Morgan fingerprint density at radius 2 is 1.83 bits per heavy atom. The van der Waals surface area contributed by atoms with Gasteiger partial charge in [-0.1, -0.05) is 15.9 Å². The summed E-state index contributed by atoms with van der Waals surface area (Å²) in [5.41, 5.74) is 3.26. The molecular weight excluding hydrogens is 432 g/mol. The molecule has 1 aliphatic rings. The van der Waals surface area contributed by atoms with E-state index in [1.165, 1.54) is 0 Å². The van der Waals surface area contributed by atoms with Crippen molar-refractivity contribution in [1.29, 1.82) is 0 Å². The number of piperidine rings is 1. The quantitative estimate of drug-likeness (QED) is 0.600. The van der Waals surface area contributed by atoms with E-state index in [4.69, 9.17) is 4.74 Å². The second kappa shape index (κ2) is 8.80. The van der Waals surface area contributed by atoms with E-state index in [1.54, 1.807) is 13.3 Å². The van der Waals surface area contributed by atoms with E-state index in [0.717, 1.165) is 53.2 Å². The predicted octanol–water partition coefficient (Wildman–Crippen LogP) is 4.36. The zero-order valence-electron chi connectivity index (χ0n) is 16.2. The maximum Gasteiger partial charge on any atom is 0.259 e. The topological polar surface area (TPSA) is 68.2 Å². The molecule has 0 saturated carbocycles. The standard InChI is InChI=1S/C22H23BrN4O2/c1-29-19-8-6-18(7-9-19)27-21(15-10-12-24-13-11-15)20(14-25-27)22(28)26-17-4-2-16(23)3-5-17/h2-9,14-15,24H,10-13H2,1H3,(H,26,28). The van der Waals surface area contributed by atoms with E-state index in [0.29, 0.717) is 5.56 Å². The fraction of sp³-hybridized carbons (Fsp3) is 0.273. The predicted molar refractivity (Wildman–Crippen MR) is 117 cm³/mol. The van der Waals surface area contributed by atoms with Crippen LogP contribution in [0.15, 0.2) is 59.2 Å². The van der Waals surface area contributed by atoms with Crippen LogP contribution in [0.3, 0.4) is 0 Å². The van der Waals surface area contributed by atoms with Gasteiger partial charge in [-0.2, -0.15) is 5.10 Å². The van der Waals surface area contributed by atoms with Gasteiger partial charge in [0.05, 0.1) is 30.3 Å². The summed E-state index contributed by atoms with van der Waals surface area (Å²) in [6.07, 6.45) is 3.62. The average molecular weight is 455 g/mol. The number of benzene rings is 2. The van der Waals surface area contributed by atoms with Gasteiger partial charge in [0.2, 0.25) is 0 Å². The lowest BCUT2D eigenvalue weighted by molar-refractivity contribution is 0.102. The SMILES string of the molecule is COc1ccc(-n2ncc(C(=O)Nc3ccc(Br)cc3)c2C2CCNCC2)cc1. The smallest absolute Gasteiger partial charge is 0.259 e. The van der Waals surface area contributed by atoms with Crippen LogP contribution in [-0.2, 0) is 0 Å². The molecule has 0 atom stereocenters. The van der Waals surface area contributed by atoms with Crippen LogP contribution in [-0.4, -0.2) is 35.9 Å². The second-order valence-electron chi connectivity index (χ2n) is 7.04. The molecule has 0 aliphatic carbocycles. The van der Waals surface area contributed by atoms with Crippen molar-refractivity contribution in [2.75, 3.05) is 25.5 Å². The minimum Gasteiger partial charge on any atom is -0.497 e. The van der Waals surface area contributed by atoms with Crippen molar-refractivity contribution < 1.29 is 9.53 Å².